The van der Waals surface area contributed by atoms with E-state index in [-0.39, 0.29) is 0 Å². The number of nitrogens with zero attached hydrogens (tertiary/aromatic N) is 1. The van der Waals surface area contributed by atoms with Crippen LogP contribution in [0.25, 0.3) is 0 Å². The maximum Gasteiger partial charge on any atom is 0.0712 e. The molecule has 2 aliphatic rings. The molecule has 0 radical (unpaired) electrons. The van der Waals surface area contributed by atoms with Crippen molar-refractivity contribution in [3.8, 4) is 0 Å². The van der Waals surface area contributed by atoms with Gasteiger partial charge in [-0.2, -0.15) is 0 Å². The molecule has 4 heteroatoms. The maximum atomic E-state index is 5.72. The SMILES string of the molecule is CCC1COCCN1CCC1CNCCO1. The molecule has 2 heterocycles. The molecule has 0 aromatic rings. The van der Waals surface area contributed by atoms with E-state index in [1.54, 1.807) is 0 Å². The minimum absolute atomic E-state index is 0.411. The fourth-order valence-corrected chi connectivity index (χ4v) is 2.47. The van der Waals surface area contributed by atoms with E-state index in [0.29, 0.717) is 12.1 Å². The zero-order valence-electron chi connectivity index (χ0n) is 10.3. The molecule has 2 fully saturated rings. The molecule has 2 aliphatic heterocycles. The third-order valence-electron chi connectivity index (χ3n) is 3.56. The van der Waals surface area contributed by atoms with Crippen LogP contribution in [-0.2, 0) is 9.47 Å². The topological polar surface area (TPSA) is 33.7 Å². The lowest BCUT2D eigenvalue weighted by Crippen LogP contribution is -2.47. The summed E-state index contributed by atoms with van der Waals surface area (Å²) in [6.07, 6.45) is 2.74. The van der Waals surface area contributed by atoms with E-state index < -0.39 is 0 Å². The summed E-state index contributed by atoms with van der Waals surface area (Å²) < 4.78 is 11.2. The van der Waals surface area contributed by atoms with Gasteiger partial charge in [-0.1, -0.05) is 6.92 Å². The molecular formula is C12H24N2O2. The van der Waals surface area contributed by atoms with Gasteiger partial charge < -0.3 is 14.8 Å². The van der Waals surface area contributed by atoms with Crippen molar-refractivity contribution < 1.29 is 9.47 Å². The molecule has 4 nitrogen and oxygen atoms in total. The third kappa shape index (κ3) is 3.42. The van der Waals surface area contributed by atoms with Crippen LogP contribution < -0.4 is 5.32 Å². The molecule has 16 heavy (non-hydrogen) atoms. The highest BCUT2D eigenvalue weighted by atomic mass is 16.5. The van der Waals surface area contributed by atoms with Gasteiger partial charge in [0.05, 0.1) is 25.9 Å². The van der Waals surface area contributed by atoms with E-state index in [2.05, 4.69) is 17.1 Å². The predicted octanol–water partition coefficient (Wildman–Crippen LogP) is 0.476. The molecule has 0 spiro atoms. The van der Waals surface area contributed by atoms with Gasteiger partial charge >= 0.3 is 0 Å². The zero-order valence-corrected chi connectivity index (χ0v) is 10.3. The highest BCUT2D eigenvalue weighted by Gasteiger charge is 2.22. The average molecular weight is 228 g/mol. The Morgan fingerprint density at radius 3 is 3.06 bits per heavy atom. The summed E-state index contributed by atoms with van der Waals surface area (Å²) in [6.45, 7) is 9.15. The van der Waals surface area contributed by atoms with Crippen molar-refractivity contribution in [2.45, 2.75) is 31.9 Å². The number of hydrogen-bond acceptors (Lipinski definition) is 4. The largest absolute Gasteiger partial charge is 0.378 e. The maximum absolute atomic E-state index is 5.72. The quantitative estimate of drug-likeness (QED) is 0.758. The van der Waals surface area contributed by atoms with Gasteiger partial charge in [-0.05, 0) is 12.8 Å². The Hall–Kier alpha value is -0.160. The van der Waals surface area contributed by atoms with Crippen molar-refractivity contribution >= 4 is 0 Å². The van der Waals surface area contributed by atoms with Crippen LogP contribution in [0.4, 0.5) is 0 Å². The van der Waals surface area contributed by atoms with E-state index in [4.69, 9.17) is 9.47 Å². The van der Waals surface area contributed by atoms with Crippen LogP contribution in [0.15, 0.2) is 0 Å². The van der Waals surface area contributed by atoms with Gasteiger partial charge in [-0.15, -0.1) is 0 Å². The van der Waals surface area contributed by atoms with Crippen LogP contribution >= 0.6 is 0 Å². The molecule has 0 aromatic carbocycles. The number of morpholine rings is 2. The molecule has 2 atom stereocenters. The van der Waals surface area contributed by atoms with Gasteiger partial charge in [0, 0.05) is 32.2 Å². The van der Waals surface area contributed by atoms with Crippen molar-refractivity contribution in [3.05, 3.63) is 0 Å². The molecule has 94 valence electrons. The second kappa shape index (κ2) is 6.55. The van der Waals surface area contributed by atoms with E-state index in [0.717, 1.165) is 52.4 Å². The Kier molecular flexibility index (Phi) is 5.03. The van der Waals surface area contributed by atoms with Crippen molar-refractivity contribution in [1.82, 2.24) is 10.2 Å². The highest BCUT2D eigenvalue weighted by molar-refractivity contribution is 4.76. The molecule has 2 unspecified atom stereocenters. The van der Waals surface area contributed by atoms with E-state index in [9.17, 15) is 0 Å². The lowest BCUT2D eigenvalue weighted by molar-refractivity contribution is -0.0257. The highest BCUT2D eigenvalue weighted by Crippen LogP contribution is 2.12. The van der Waals surface area contributed by atoms with Gasteiger partial charge in [-0.3, -0.25) is 4.90 Å². The second-order valence-electron chi connectivity index (χ2n) is 4.66. The zero-order chi connectivity index (χ0) is 11.2. The fourth-order valence-electron chi connectivity index (χ4n) is 2.47. The first-order chi connectivity index (χ1) is 7.90. The van der Waals surface area contributed by atoms with Crippen molar-refractivity contribution in [3.63, 3.8) is 0 Å². The molecule has 1 N–H and O–H groups in total. The van der Waals surface area contributed by atoms with Gasteiger partial charge in [0.1, 0.15) is 0 Å². The number of rotatable bonds is 4. The third-order valence-corrected chi connectivity index (χ3v) is 3.56. The number of ether oxygens (including phenoxy) is 2. The summed E-state index contributed by atoms with van der Waals surface area (Å²) in [7, 11) is 0. The summed E-state index contributed by atoms with van der Waals surface area (Å²) >= 11 is 0. The average Bonchev–Trinajstić information content (AvgIpc) is 2.38. The van der Waals surface area contributed by atoms with E-state index in [1.165, 1.54) is 6.42 Å². The minimum atomic E-state index is 0.411. The Balaban J connectivity index is 1.70. The van der Waals surface area contributed by atoms with Crippen LogP contribution in [-0.4, -0.2) is 63.0 Å². The summed E-state index contributed by atoms with van der Waals surface area (Å²) in [5.74, 6) is 0. The second-order valence-corrected chi connectivity index (χ2v) is 4.66. The summed E-state index contributed by atoms with van der Waals surface area (Å²) in [6, 6.07) is 0.616. The van der Waals surface area contributed by atoms with Crippen LogP contribution in [0.2, 0.25) is 0 Å². The normalized spacial score (nSPS) is 32.8. The first-order valence-electron chi connectivity index (χ1n) is 6.54. The van der Waals surface area contributed by atoms with Crippen LogP contribution in [0.5, 0.6) is 0 Å². The first-order valence-corrected chi connectivity index (χ1v) is 6.54. The Bertz CT molecular complexity index is 195. The van der Waals surface area contributed by atoms with E-state index >= 15 is 0 Å². The van der Waals surface area contributed by atoms with Crippen molar-refractivity contribution in [1.29, 1.82) is 0 Å². The van der Waals surface area contributed by atoms with Crippen LogP contribution in [0, 0.1) is 0 Å². The minimum Gasteiger partial charge on any atom is -0.378 e. The van der Waals surface area contributed by atoms with Crippen molar-refractivity contribution in [2.75, 3.05) is 46.0 Å². The van der Waals surface area contributed by atoms with Gasteiger partial charge in [-0.25, -0.2) is 0 Å². The molecule has 0 aromatic heterocycles. The van der Waals surface area contributed by atoms with Gasteiger partial charge in [0.2, 0.25) is 0 Å². The van der Waals surface area contributed by atoms with Gasteiger partial charge in [0.15, 0.2) is 0 Å². The molecule has 0 amide bonds. The smallest absolute Gasteiger partial charge is 0.0712 e. The summed E-state index contributed by atoms with van der Waals surface area (Å²) in [5, 5.41) is 3.38. The fraction of sp³-hybridized carbons (Fsp3) is 1.00. The first kappa shape index (κ1) is 12.3. The molecule has 2 rings (SSSR count). The van der Waals surface area contributed by atoms with Crippen molar-refractivity contribution in [2.24, 2.45) is 0 Å². The molecule has 0 bridgehead atoms. The van der Waals surface area contributed by atoms with Crippen LogP contribution in [0.1, 0.15) is 19.8 Å². The standard InChI is InChI=1S/C12H24N2O2/c1-2-11-10-15-8-6-14(11)5-3-12-9-13-4-7-16-12/h11-13H,2-10H2,1H3. The number of hydrogen-bond donors (Lipinski definition) is 1. The van der Waals surface area contributed by atoms with E-state index in [1.807, 2.05) is 0 Å². The molecule has 2 saturated heterocycles. The van der Waals surface area contributed by atoms with Gasteiger partial charge in [0.25, 0.3) is 0 Å². The monoisotopic (exact) mass is 228 g/mol. The van der Waals surface area contributed by atoms with Crippen LogP contribution in [0.3, 0.4) is 0 Å². The molecular weight excluding hydrogens is 204 g/mol. The molecule has 0 saturated carbocycles. The Labute approximate surface area is 98.3 Å². The summed E-state index contributed by atoms with van der Waals surface area (Å²) in [4.78, 5) is 2.56. The molecule has 0 aliphatic carbocycles. The Morgan fingerprint density at radius 2 is 2.31 bits per heavy atom. The lowest BCUT2D eigenvalue weighted by atomic mass is 10.1. The summed E-state index contributed by atoms with van der Waals surface area (Å²) in [5.41, 5.74) is 0. The Morgan fingerprint density at radius 1 is 1.38 bits per heavy atom. The lowest BCUT2D eigenvalue weighted by Gasteiger charge is -2.36. The predicted molar refractivity (Wildman–Crippen MR) is 63.7 cm³/mol. The number of nitrogens with one attached hydrogen (secondary N) is 1.